The second kappa shape index (κ2) is 7.29. The summed E-state index contributed by atoms with van der Waals surface area (Å²) in [5.74, 6) is -0.124. The molecule has 0 saturated carbocycles. The van der Waals surface area contributed by atoms with Gasteiger partial charge in [0.1, 0.15) is 0 Å². The van der Waals surface area contributed by atoms with E-state index >= 15 is 0 Å². The third kappa shape index (κ3) is 5.09. The molecule has 1 aromatic carbocycles. The molecule has 0 bridgehead atoms. The SMILES string of the molecule is CC(C)(C)NC(=O)N1CCN(S(=O)(=O)Cc2ccccc2Cl)CC1. The molecule has 1 aliphatic heterocycles. The van der Waals surface area contributed by atoms with Crippen molar-refractivity contribution in [3.8, 4) is 0 Å². The second-order valence-electron chi connectivity index (χ2n) is 6.91. The van der Waals surface area contributed by atoms with Gasteiger partial charge in [-0.1, -0.05) is 29.8 Å². The van der Waals surface area contributed by atoms with Crippen LogP contribution in [0.2, 0.25) is 5.02 Å². The highest BCUT2D eigenvalue weighted by atomic mass is 35.5. The average molecular weight is 374 g/mol. The van der Waals surface area contributed by atoms with Crippen molar-refractivity contribution in [1.82, 2.24) is 14.5 Å². The largest absolute Gasteiger partial charge is 0.333 e. The molecule has 24 heavy (non-hydrogen) atoms. The number of amides is 2. The first-order valence-electron chi connectivity index (χ1n) is 7.87. The van der Waals surface area contributed by atoms with Gasteiger partial charge >= 0.3 is 6.03 Å². The number of sulfonamides is 1. The van der Waals surface area contributed by atoms with Crippen molar-refractivity contribution in [1.29, 1.82) is 0 Å². The Morgan fingerprint density at radius 3 is 2.29 bits per heavy atom. The van der Waals surface area contributed by atoms with Crippen LogP contribution in [0.4, 0.5) is 4.79 Å². The van der Waals surface area contributed by atoms with Gasteiger partial charge in [0.25, 0.3) is 0 Å². The molecule has 1 N–H and O–H groups in total. The lowest BCUT2D eigenvalue weighted by Gasteiger charge is -2.35. The number of carbonyl (C=O) groups is 1. The van der Waals surface area contributed by atoms with E-state index in [-0.39, 0.29) is 17.3 Å². The van der Waals surface area contributed by atoms with Crippen LogP contribution in [0.15, 0.2) is 24.3 Å². The van der Waals surface area contributed by atoms with Crippen LogP contribution in [-0.4, -0.2) is 55.4 Å². The van der Waals surface area contributed by atoms with Gasteiger partial charge in [-0.15, -0.1) is 0 Å². The fraction of sp³-hybridized carbons (Fsp3) is 0.562. The van der Waals surface area contributed by atoms with Gasteiger partial charge in [0, 0.05) is 36.7 Å². The molecule has 0 spiro atoms. The number of hydrogen-bond donors (Lipinski definition) is 1. The van der Waals surface area contributed by atoms with Crippen LogP contribution in [0.25, 0.3) is 0 Å². The van der Waals surface area contributed by atoms with Crippen LogP contribution in [0.5, 0.6) is 0 Å². The standard InChI is InChI=1S/C16H24ClN3O3S/c1-16(2,3)18-15(21)19-8-10-20(11-9-19)24(22,23)12-13-6-4-5-7-14(13)17/h4-7H,8-12H2,1-3H3,(H,18,21). The second-order valence-corrected chi connectivity index (χ2v) is 9.29. The van der Waals surface area contributed by atoms with E-state index < -0.39 is 10.0 Å². The Kier molecular flexibility index (Phi) is 5.78. The van der Waals surface area contributed by atoms with E-state index in [1.807, 2.05) is 20.8 Å². The Labute approximate surface area is 148 Å². The number of nitrogens with one attached hydrogen (secondary N) is 1. The summed E-state index contributed by atoms with van der Waals surface area (Å²) in [6.07, 6.45) is 0. The number of hydrogen-bond acceptors (Lipinski definition) is 3. The number of rotatable bonds is 3. The lowest BCUT2D eigenvalue weighted by Crippen LogP contribution is -2.56. The first-order valence-corrected chi connectivity index (χ1v) is 9.85. The van der Waals surface area contributed by atoms with Crippen LogP contribution in [-0.2, 0) is 15.8 Å². The summed E-state index contributed by atoms with van der Waals surface area (Å²) >= 11 is 6.05. The maximum Gasteiger partial charge on any atom is 0.317 e. The third-order valence-electron chi connectivity index (χ3n) is 3.70. The third-order valence-corrected chi connectivity index (χ3v) is 5.89. The van der Waals surface area contributed by atoms with Crippen LogP contribution in [0, 0.1) is 0 Å². The number of urea groups is 1. The van der Waals surface area contributed by atoms with Crippen LogP contribution < -0.4 is 5.32 Å². The minimum absolute atomic E-state index is 0.124. The van der Waals surface area contributed by atoms with Gasteiger partial charge in [0.2, 0.25) is 10.0 Å². The molecule has 0 atom stereocenters. The van der Waals surface area contributed by atoms with E-state index in [0.717, 1.165) is 0 Å². The van der Waals surface area contributed by atoms with Crippen molar-refractivity contribution >= 4 is 27.7 Å². The molecule has 2 rings (SSSR count). The minimum atomic E-state index is -3.45. The number of piperazine rings is 1. The van der Waals surface area contributed by atoms with Crippen molar-refractivity contribution < 1.29 is 13.2 Å². The molecule has 1 saturated heterocycles. The Balaban J connectivity index is 1.96. The molecule has 1 heterocycles. The normalized spacial score (nSPS) is 16.9. The molecule has 134 valence electrons. The summed E-state index contributed by atoms with van der Waals surface area (Å²) in [5.41, 5.74) is 0.275. The number of benzene rings is 1. The van der Waals surface area contributed by atoms with Gasteiger partial charge in [-0.3, -0.25) is 0 Å². The highest BCUT2D eigenvalue weighted by Gasteiger charge is 2.30. The first-order chi connectivity index (χ1) is 11.1. The summed E-state index contributed by atoms with van der Waals surface area (Å²) in [4.78, 5) is 13.8. The summed E-state index contributed by atoms with van der Waals surface area (Å²) in [6.45, 7) is 7.08. The Hall–Kier alpha value is -1.31. The molecule has 0 unspecified atom stereocenters. The zero-order valence-corrected chi connectivity index (χ0v) is 15.8. The highest BCUT2D eigenvalue weighted by molar-refractivity contribution is 7.88. The maximum atomic E-state index is 12.6. The van der Waals surface area contributed by atoms with E-state index in [2.05, 4.69) is 5.32 Å². The molecule has 0 aromatic heterocycles. The fourth-order valence-corrected chi connectivity index (χ4v) is 4.30. The summed E-state index contributed by atoms with van der Waals surface area (Å²) < 4.78 is 26.5. The zero-order chi connectivity index (χ0) is 18.0. The van der Waals surface area contributed by atoms with Gasteiger partial charge in [-0.2, -0.15) is 4.31 Å². The molecule has 0 aliphatic carbocycles. The molecule has 6 nitrogen and oxygen atoms in total. The zero-order valence-electron chi connectivity index (χ0n) is 14.3. The van der Waals surface area contributed by atoms with E-state index in [0.29, 0.717) is 36.8 Å². The molecular weight excluding hydrogens is 350 g/mol. The van der Waals surface area contributed by atoms with Gasteiger partial charge in [-0.25, -0.2) is 13.2 Å². The van der Waals surface area contributed by atoms with Crippen molar-refractivity contribution in [3.05, 3.63) is 34.9 Å². The lowest BCUT2D eigenvalue weighted by molar-refractivity contribution is 0.165. The van der Waals surface area contributed by atoms with E-state index in [9.17, 15) is 13.2 Å². The van der Waals surface area contributed by atoms with Gasteiger partial charge < -0.3 is 10.2 Å². The van der Waals surface area contributed by atoms with E-state index in [1.165, 1.54) is 4.31 Å². The van der Waals surface area contributed by atoms with E-state index in [1.54, 1.807) is 29.2 Å². The topological polar surface area (TPSA) is 69.7 Å². The van der Waals surface area contributed by atoms with Crippen LogP contribution in [0.3, 0.4) is 0 Å². The summed E-state index contributed by atoms with van der Waals surface area (Å²) in [6, 6.07) is 6.77. The molecule has 8 heteroatoms. The summed E-state index contributed by atoms with van der Waals surface area (Å²) in [5, 5.41) is 3.34. The van der Waals surface area contributed by atoms with E-state index in [4.69, 9.17) is 11.6 Å². The Morgan fingerprint density at radius 2 is 1.75 bits per heavy atom. The smallest absolute Gasteiger partial charge is 0.317 e. The van der Waals surface area contributed by atoms with Crippen LogP contribution in [0.1, 0.15) is 26.3 Å². The van der Waals surface area contributed by atoms with Gasteiger partial charge in [-0.05, 0) is 32.4 Å². The fourth-order valence-electron chi connectivity index (χ4n) is 2.47. The predicted octanol–water partition coefficient (Wildman–Crippen LogP) is 2.30. The van der Waals surface area contributed by atoms with Crippen molar-refractivity contribution in [2.24, 2.45) is 0 Å². The maximum absolute atomic E-state index is 12.6. The van der Waals surface area contributed by atoms with Crippen molar-refractivity contribution in [2.45, 2.75) is 32.1 Å². The molecule has 1 fully saturated rings. The summed E-state index contributed by atoms with van der Waals surface area (Å²) in [7, 11) is -3.45. The molecule has 1 aliphatic rings. The minimum Gasteiger partial charge on any atom is -0.333 e. The average Bonchev–Trinajstić information content (AvgIpc) is 2.48. The lowest BCUT2D eigenvalue weighted by atomic mass is 10.1. The van der Waals surface area contributed by atoms with Gasteiger partial charge in [0.15, 0.2) is 0 Å². The first kappa shape index (κ1) is 19.0. The molecule has 2 amide bonds. The molecular formula is C16H24ClN3O3S. The Bertz CT molecular complexity index is 693. The van der Waals surface area contributed by atoms with Crippen LogP contribution >= 0.6 is 11.6 Å². The Morgan fingerprint density at radius 1 is 1.17 bits per heavy atom. The number of nitrogens with zero attached hydrogens (tertiary/aromatic N) is 2. The van der Waals surface area contributed by atoms with Crippen molar-refractivity contribution in [3.63, 3.8) is 0 Å². The highest BCUT2D eigenvalue weighted by Crippen LogP contribution is 2.20. The predicted molar refractivity (Wildman–Crippen MR) is 95.5 cm³/mol. The quantitative estimate of drug-likeness (QED) is 0.883. The van der Waals surface area contributed by atoms with Crippen molar-refractivity contribution in [2.75, 3.05) is 26.2 Å². The number of carbonyl (C=O) groups excluding carboxylic acids is 1. The van der Waals surface area contributed by atoms with Gasteiger partial charge in [0.05, 0.1) is 5.75 Å². The molecule has 0 radical (unpaired) electrons. The number of halogens is 1. The monoisotopic (exact) mass is 373 g/mol. The molecule has 1 aromatic rings.